The fourth-order valence-corrected chi connectivity index (χ4v) is 10.1. The first-order valence-corrected chi connectivity index (χ1v) is 20.0. The van der Waals surface area contributed by atoms with Crippen LogP contribution in [-0.4, -0.2) is 73.5 Å². The molecule has 13 nitrogen and oxygen atoms in total. The lowest BCUT2D eigenvalue weighted by molar-refractivity contribution is -0.200. The quantitative estimate of drug-likeness (QED) is 0.179. The summed E-state index contributed by atoms with van der Waals surface area (Å²) in [5.74, 6) is -0.906. The van der Waals surface area contributed by atoms with Gasteiger partial charge in [-0.2, -0.15) is 0 Å². The molecule has 2 aliphatic heterocycles. The van der Waals surface area contributed by atoms with Gasteiger partial charge in [-0.05, 0) is 63.3 Å². The van der Waals surface area contributed by atoms with Crippen LogP contribution in [0.15, 0.2) is 83.7 Å². The molecule has 3 atom stereocenters. The predicted octanol–water partition coefficient (Wildman–Crippen LogP) is 6.14. The van der Waals surface area contributed by atoms with E-state index in [1.807, 2.05) is 30.3 Å². The second-order valence-electron chi connectivity index (χ2n) is 14.1. The third-order valence-corrected chi connectivity index (χ3v) is 13.1. The van der Waals surface area contributed by atoms with Crippen LogP contribution in [0.25, 0.3) is 21.8 Å². The average molecular weight is 765 g/mol. The lowest BCUT2D eigenvalue weighted by Crippen LogP contribution is -2.45. The molecule has 2 aromatic carbocycles. The molecule has 2 aliphatic rings. The van der Waals surface area contributed by atoms with Gasteiger partial charge in [-0.15, -0.1) is 11.3 Å². The van der Waals surface area contributed by atoms with Crippen molar-refractivity contribution >= 4 is 39.1 Å². The molecule has 3 amide bonds. The predicted molar refractivity (Wildman–Crippen MR) is 198 cm³/mol. The van der Waals surface area contributed by atoms with Gasteiger partial charge < -0.3 is 24.1 Å². The van der Waals surface area contributed by atoms with Crippen molar-refractivity contribution in [3.05, 3.63) is 89.8 Å². The average Bonchev–Trinajstić information content (AvgIpc) is 3.84. The van der Waals surface area contributed by atoms with Crippen LogP contribution in [0, 0.1) is 0 Å². The molecule has 2 aromatic heterocycles. The van der Waals surface area contributed by atoms with Crippen LogP contribution in [0.2, 0.25) is 0 Å². The van der Waals surface area contributed by atoms with E-state index in [1.165, 1.54) is 22.6 Å². The van der Waals surface area contributed by atoms with Crippen molar-refractivity contribution in [3.8, 4) is 21.8 Å². The Balaban J connectivity index is 1.29. The third-order valence-electron chi connectivity index (χ3n) is 9.19. The van der Waals surface area contributed by atoms with E-state index >= 15 is 0 Å². The summed E-state index contributed by atoms with van der Waals surface area (Å²) in [7, 11) is -4.08. The van der Waals surface area contributed by atoms with E-state index in [-0.39, 0.29) is 19.5 Å². The highest BCUT2D eigenvalue weighted by atomic mass is 32.2. The van der Waals surface area contributed by atoms with Gasteiger partial charge in [0, 0.05) is 41.4 Å². The Morgan fingerprint density at radius 3 is 2.45 bits per heavy atom. The smallest absolute Gasteiger partial charge is 0.408 e. The second-order valence-corrected chi connectivity index (χ2v) is 17.6. The third kappa shape index (κ3) is 9.15. The molecule has 0 aliphatic carbocycles. The van der Waals surface area contributed by atoms with E-state index in [2.05, 4.69) is 15.8 Å². The van der Waals surface area contributed by atoms with E-state index < -0.39 is 62.6 Å². The Bertz CT molecular complexity index is 1970. The maximum absolute atomic E-state index is 14.5. The van der Waals surface area contributed by atoms with E-state index in [0.29, 0.717) is 29.2 Å². The molecule has 2 saturated heterocycles. The van der Waals surface area contributed by atoms with Gasteiger partial charge in [0.1, 0.15) is 16.4 Å². The van der Waals surface area contributed by atoms with Crippen LogP contribution >= 0.6 is 11.3 Å². The molecule has 6 rings (SSSR count). The molecule has 2 fully saturated rings. The normalized spacial score (nSPS) is 20.9. The van der Waals surface area contributed by atoms with Gasteiger partial charge >= 0.3 is 6.09 Å². The Hall–Kier alpha value is -4.57. The number of benzene rings is 2. The number of hydrogen-bond donors (Lipinski definition) is 2. The minimum atomic E-state index is -4.08. The first-order chi connectivity index (χ1) is 25.3. The number of carbonyl (C=O) groups excluding carboxylic acids is 3. The zero-order valence-corrected chi connectivity index (χ0v) is 31.5. The molecular weight excluding hydrogens is 721 g/mol. The zero-order chi connectivity index (χ0) is 37.6. The molecule has 2 N–H and O–H groups in total. The summed E-state index contributed by atoms with van der Waals surface area (Å²) < 4.78 is 43.9. The van der Waals surface area contributed by atoms with E-state index in [4.69, 9.17) is 18.7 Å². The van der Waals surface area contributed by atoms with Gasteiger partial charge in [-0.25, -0.2) is 28.5 Å². The summed E-state index contributed by atoms with van der Waals surface area (Å²) in [5.41, 5.74) is 3.84. The number of nitrogens with one attached hydrogen (secondary N) is 2. The topological polar surface area (TPSA) is 166 Å². The standard InChI is InChI=1S/C38H44N4O9S2/c1-37(2,3)50-36(45)40-34(28-9-5-4-6-10-28)35(44)42-19-18-38(53(46,47)22-20-42,23-32(43)41-51-33-11-7-8-21-48-33)31-17-16-30(52-31)27-14-12-26(13-15-27)29-24-39-25-49-29/h4-6,9-10,12-17,24-25,33-34H,7-8,11,18-23H2,1-3H3,(H,40,45)(H,41,43)/t33?,34-,38?/m0/s1. The van der Waals surface area contributed by atoms with Crippen molar-refractivity contribution in [1.82, 2.24) is 20.7 Å². The van der Waals surface area contributed by atoms with Crippen LogP contribution in [-0.2, 0) is 38.5 Å². The Morgan fingerprint density at radius 2 is 1.77 bits per heavy atom. The van der Waals surface area contributed by atoms with Gasteiger partial charge in [0.2, 0.25) is 11.8 Å². The number of amides is 3. The minimum Gasteiger partial charge on any atom is -0.444 e. The fraction of sp³-hybridized carbons (Fsp3) is 0.421. The SMILES string of the molecule is CC(C)(C)OC(=O)N[C@H](C(=O)N1CCC(CC(=O)NOC2CCCCO2)(c2ccc(-c3ccc(-c4cnco4)cc3)s2)S(=O)(=O)CC1)c1ccccc1. The van der Waals surface area contributed by atoms with E-state index in [1.54, 1.807) is 63.4 Å². The highest BCUT2D eigenvalue weighted by Crippen LogP contribution is 2.45. The maximum atomic E-state index is 14.5. The number of nitrogens with zero attached hydrogens (tertiary/aromatic N) is 2. The second kappa shape index (κ2) is 16.2. The molecule has 282 valence electrons. The number of sulfone groups is 1. The number of hydroxylamine groups is 1. The number of ether oxygens (including phenoxy) is 2. The highest BCUT2D eigenvalue weighted by molar-refractivity contribution is 7.92. The monoisotopic (exact) mass is 764 g/mol. The van der Waals surface area contributed by atoms with Crippen LogP contribution in [0.1, 0.15) is 69.4 Å². The van der Waals surface area contributed by atoms with Gasteiger partial charge in [-0.3, -0.25) is 9.59 Å². The minimum absolute atomic E-state index is 0.00359. The molecule has 4 aromatic rings. The molecular formula is C38H44N4O9S2. The summed E-state index contributed by atoms with van der Waals surface area (Å²) in [6.45, 7) is 5.52. The van der Waals surface area contributed by atoms with Crippen LogP contribution < -0.4 is 10.8 Å². The number of alkyl carbamates (subject to hydrolysis) is 1. The molecule has 4 heterocycles. The van der Waals surface area contributed by atoms with Gasteiger partial charge in [-0.1, -0.05) is 54.6 Å². The Labute approximate surface area is 312 Å². The lowest BCUT2D eigenvalue weighted by atomic mass is 9.96. The van der Waals surface area contributed by atoms with Crippen molar-refractivity contribution < 1.29 is 41.5 Å². The van der Waals surface area contributed by atoms with Crippen LogP contribution in [0.3, 0.4) is 0 Å². The molecule has 0 spiro atoms. The molecule has 0 bridgehead atoms. The van der Waals surface area contributed by atoms with Crippen molar-refractivity contribution in [2.45, 2.75) is 75.6 Å². The number of carbonyl (C=O) groups is 3. The van der Waals surface area contributed by atoms with Gasteiger partial charge in [0.05, 0.1) is 18.4 Å². The largest absolute Gasteiger partial charge is 0.444 e. The van der Waals surface area contributed by atoms with Crippen molar-refractivity contribution in [1.29, 1.82) is 0 Å². The number of oxazole rings is 1. The molecule has 15 heteroatoms. The summed E-state index contributed by atoms with van der Waals surface area (Å²) in [5, 5.41) is 2.69. The Kier molecular flexibility index (Phi) is 11.7. The molecule has 53 heavy (non-hydrogen) atoms. The lowest BCUT2D eigenvalue weighted by Gasteiger charge is -2.31. The first-order valence-electron chi connectivity index (χ1n) is 17.5. The zero-order valence-electron chi connectivity index (χ0n) is 29.9. The van der Waals surface area contributed by atoms with E-state index in [0.717, 1.165) is 28.8 Å². The number of hydrogen-bond acceptors (Lipinski definition) is 11. The summed E-state index contributed by atoms with van der Waals surface area (Å²) in [4.78, 5) is 53.0. The number of thiophene rings is 1. The van der Waals surface area contributed by atoms with Crippen molar-refractivity contribution in [3.63, 3.8) is 0 Å². The fourth-order valence-electron chi connectivity index (χ4n) is 6.46. The summed E-state index contributed by atoms with van der Waals surface area (Å²) >= 11 is 1.28. The molecule has 0 radical (unpaired) electrons. The molecule has 0 saturated carbocycles. The van der Waals surface area contributed by atoms with Gasteiger partial charge in [0.25, 0.3) is 0 Å². The van der Waals surface area contributed by atoms with E-state index in [9.17, 15) is 22.8 Å². The molecule has 2 unspecified atom stereocenters. The maximum Gasteiger partial charge on any atom is 0.408 e. The summed E-state index contributed by atoms with van der Waals surface area (Å²) in [6, 6.07) is 18.8. The van der Waals surface area contributed by atoms with Gasteiger partial charge in [0.15, 0.2) is 28.3 Å². The van der Waals surface area contributed by atoms with Crippen molar-refractivity contribution in [2.24, 2.45) is 0 Å². The highest BCUT2D eigenvalue weighted by Gasteiger charge is 2.50. The number of rotatable bonds is 10. The van der Waals surface area contributed by atoms with Crippen LogP contribution in [0.5, 0.6) is 0 Å². The first kappa shape index (κ1) is 38.2. The number of aromatic nitrogens is 1. The van der Waals surface area contributed by atoms with Crippen LogP contribution in [0.4, 0.5) is 4.79 Å². The summed E-state index contributed by atoms with van der Waals surface area (Å²) in [6.07, 6.45) is 3.44. The van der Waals surface area contributed by atoms with Crippen molar-refractivity contribution in [2.75, 3.05) is 25.4 Å². The Morgan fingerprint density at radius 1 is 1.02 bits per heavy atom.